The summed E-state index contributed by atoms with van der Waals surface area (Å²) >= 11 is 7.68. The molecule has 0 aromatic heterocycles. The van der Waals surface area contributed by atoms with E-state index in [9.17, 15) is 9.59 Å². The van der Waals surface area contributed by atoms with Gasteiger partial charge in [-0.1, -0.05) is 47.6 Å². The zero-order chi connectivity index (χ0) is 22.5. The molecule has 0 fully saturated rings. The molecule has 4 rings (SSSR count). The Hall–Kier alpha value is -3.16. The summed E-state index contributed by atoms with van der Waals surface area (Å²) < 4.78 is 10.4. The van der Waals surface area contributed by atoms with E-state index in [1.807, 2.05) is 36.4 Å². The molecule has 1 amide bonds. The quantitative estimate of drug-likeness (QED) is 0.460. The number of ether oxygens (including phenoxy) is 2. The summed E-state index contributed by atoms with van der Waals surface area (Å²) in [7, 11) is 1.49. The first kappa shape index (κ1) is 22.0. The monoisotopic (exact) mass is 468 g/mol. The molecule has 6 nitrogen and oxygen atoms in total. The lowest BCUT2D eigenvalue weighted by molar-refractivity contribution is -0.147. The van der Waals surface area contributed by atoms with Crippen LogP contribution in [0, 0.1) is 0 Å². The first-order valence-corrected chi connectivity index (χ1v) is 11.2. The van der Waals surface area contributed by atoms with Crippen LogP contribution >= 0.6 is 23.4 Å². The molecule has 1 aliphatic rings. The van der Waals surface area contributed by atoms with Gasteiger partial charge in [-0.3, -0.25) is 9.59 Å². The van der Waals surface area contributed by atoms with Crippen LogP contribution in [0.3, 0.4) is 0 Å². The van der Waals surface area contributed by atoms with Crippen molar-refractivity contribution in [3.8, 4) is 5.75 Å². The van der Waals surface area contributed by atoms with Gasteiger partial charge in [-0.05, 0) is 42.5 Å². The highest BCUT2D eigenvalue weighted by Gasteiger charge is 2.23. The van der Waals surface area contributed by atoms with E-state index in [1.165, 1.54) is 7.11 Å². The Morgan fingerprint density at radius 3 is 2.31 bits per heavy atom. The van der Waals surface area contributed by atoms with Gasteiger partial charge >= 0.3 is 5.97 Å². The van der Waals surface area contributed by atoms with Crippen molar-refractivity contribution in [2.75, 3.05) is 30.5 Å². The molecular weight excluding hydrogens is 448 g/mol. The fraction of sp³-hybridized carbons (Fsp3) is 0.167. The van der Waals surface area contributed by atoms with E-state index < -0.39 is 18.5 Å². The number of benzene rings is 3. The Morgan fingerprint density at radius 2 is 1.66 bits per heavy atom. The topological polar surface area (TPSA) is 67.9 Å². The number of carbonyl (C=O) groups excluding carboxylic acids is 2. The fourth-order valence-corrected chi connectivity index (χ4v) is 4.68. The van der Waals surface area contributed by atoms with Crippen LogP contribution in [-0.4, -0.2) is 32.1 Å². The SMILES string of the molecule is COc1ccc(Cl)cc1NC(=O)COC(=O)CCN1c2ccccc2Sc2ccccc21. The number of anilines is 3. The highest BCUT2D eigenvalue weighted by Crippen LogP contribution is 2.47. The van der Waals surface area contributed by atoms with Crippen LogP contribution in [0.2, 0.25) is 5.02 Å². The maximum absolute atomic E-state index is 12.4. The fourth-order valence-electron chi connectivity index (χ4n) is 3.41. The summed E-state index contributed by atoms with van der Waals surface area (Å²) in [5.74, 6) is -0.454. The molecule has 0 spiro atoms. The first-order valence-electron chi connectivity index (χ1n) is 9.97. The van der Waals surface area contributed by atoms with Crippen molar-refractivity contribution < 1.29 is 19.1 Å². The minimum Gasteiger partial charge on any atom is -0.495 e. The molecule has 0 atom stereocenters. The van der Waals surface area contributed by atoms with Gasteiger partial charge in [0.2, 0.25) is 0 Å². The minimum atomic E-state index is -0.469. The first-order chi connectivity index (χ1) is 15.5. The number of hydrogen-bond donors (Lipinski definition) is 1. The molecular formula is C24H21ClN2O4S. The summed E-state index contributed by atoms with van der Waals surface area (Å²) in [6.07, 6.45) is 0.140. The van der Waals surface area contributed by atoms with E-state index in [4.69, 9.17) is 21.1 Å². The third-order valence-electron chi connectivity index (χ3n) is 4.87. The van der Waals surface area contributed by atoms with Crippen molar-refractivity contribution in [1.82, 2.24) is 0 Å². The second kappa shape index (κ2) is 9.97. The van der Waals surface area contributed by atoms with Gasteiger partial charge in [0, 0.05) is 21.4 Å². The Bertz CT molecular complexity index is 1110. The number of hydrogen-bond acceptors (Lipinski definition) is 6. The molecule has 3 aromatic carbocycles. The van der Waals surface area contributed by atoms with Crippen molar-refractivity contribution in [2.24, 2.45) is 0 Å². The van der Waals surface area contributed by atoms with Crippen molar-refractivity contribution in [1.29, 1.82) is 0 Å². The minimum absolute atomic E-state index is 0.140. The van der Waals surface area contributed by atoms with Crippen LogP contribution in [0.4, 0.5) is 17.1 Å². The molecule has 0 saturated heterocycles. The maximum Gasteiger partial charge on any atom is 0.308 e. The second-order valence-electron chi connectivity index (χ2n) is 6.99. The zero-order valence-corrected chi connectivity index (χ0v) is 18.9. The highest BCUT2D eigenvalue weighted by atomic mass is 35.5. The molecule has 0 bridgehead atoms. The van der Waals surface area contributed by atoms with Crippen molar-refractivity contribution in [3.63, 3.8) is 0 Å². The summed E-state index contributed by atoms with van der Waals surface area (Å²) in [4.78, 5) is 29.0. The highest BCUT2D eigenvalue weighted by molar-refractivity contribution is 7.99. The third kappa shape index (κ3) is 5.00. The lowest BCUT2D eigenvalue weighted by Crippen LogP contribution is -2.26. The van der Waals surface area contributed by atoms with Crippen molar-refractivity contribution in [3.05, 3.63) is 71.8 Å². The van der Waals surface area contributed by atoms with E-state index in [1.54, 1.807) is 30.0 Å². The molecule has 32 heavy (non-hydrogen) atoms. The smallest absolute Gasteiger partial charge is 0.308 e. The molecule has 0 saturated carbocycles. The summed E-state index contributed by atoms with van der Waals surface area (Å²) in [5, 5.41) is 3.11. The van der Waals surface area contributed by atoms with E-state index in [0.717, 1.165) is 21.2 Å². The van der Waals surface area contributed by atoms with Gasteiger partial charge in [0.05, 0.1) is 30.6 Å². The van der Waals surface area contributed by atoms with Crippen LogP contribution in [0.25, 0.3) is 0 Å². The van der Waals surface area contributed by atoms with E-state index in [0.29, 0.717) is 23.0 Å². The Morgan fingerprint density at radius 1 is 1.00 bits per heavy atom. The lowest BCUT2D eigenvalue weighted by atomic mass is 10.2. The second-order valence-corrected chi connectivity index (χ2v) is 8.51. The van der Waals surface area contributed by atoms with Gasteiger partial charge in [0.25, 0.3) is 5.91 Å². The largest absolute Gasteiger partial charge is 0.495 e. The van der Waals surface area contributed by atoms with E-state index >= 15 is 0 Å². The van der Waals surface area contributed by atoms with Gasteiger partial charge < -0.3 is 19.7 Å². The van der Waals surface area contributed by atoms with Gasteiger partial charge in [-0.25, -0.2) is 0 Å². The number of carbonyl (C=O) groups is 2. The summed E-state index contributed by atoms with van der Waals surface area (Å²) in [5.41, 5.74) is 2.52. The molecule has 3 aromatic rings. The average molecular weight is 469 g/mol. The van der Waals surface area contributed by atoms with Crippen LogP contribution in [0.1, 0.15) is 6.42 Å². The number of halogens is 1. The standard InChI is InChI=1S/C24H21ClN2O4S/c1-30-20-11-10-16(25)14-17(20)26-23(28)15-31-24(29)12-13-27-18-6-2-4-8-21(18)32-22-9-5-3-7-19(22)27/h2-11,14H,12-13,15H2,1H3,(H,26,28). The lowest BCUT2D eigenvalue weighted by Gasteiger charge is -2.32. The number of fused-ring (bicyclic) bond motifs is 2. The van der Waals surface area contributed by atoms with Gasteiger partial charge in [-0.2, -0.15) is 0 Å². The van der Waals surface area contributed by atoms with Gasteiger partial charge in [0.1, 0.15) is 5.75 Å². The predicted molar refractivity (Wildman–Crippen MR) is 126 cm³/mol. The van der Waals surface area contributed by atoms with Crippen LogP contribution in [-0.2, 0) is 14.3 Å². The van der Waals surface area contributed by atoms with Gasteiger partial charge in [-0.15, -0.1) is 0 Å². The van der Waals surface area contributed by atoms with Crippen molar-refractivity contribution in [2.45, 2.75) is 16.2 Å². The third-order valence-corrected chi connectivity index (χ3v) is 6.24. The average Bonchev–Trinajstić information content (AvgIpc) is 2.80. The molecule has 8 heteroatoms. The molecule has 0 aliphatic carbocycles. The normalized spacial score (nSPS) is 11.9. The van der Waals surface area contributed by atoms with Crippen LogP contribution < -0.4 is 15.0 Å². The number of rotatable bonds is 7. The van der Waals surface area contributed by atoms with Crippen molar-refractivity contribution >= 4 is 52.3 Å². The molecule has 0 radical (unpaired) electrons. The number of nitrogens with one attached hydrogen (secondary N) is 1. The molecule has 1 heterocycles. The summed E-state index contributed by atoms with van der Waals surface area (Å²) in [6.45, 7) is 0.0503. The van der Waals surface area contributed by atoms with Crippen LogP contribution in [0.15, 0.2) is 76.5 Å². The Labute approximate surface area is 195 Å². The molecule has 1 N–H and O–H groups in total. The Balaban J connectivity index is 1.35. The zero-order valence-electron chi connectivity index (χ0n) is 17.3. The number of amides is 1. The Kier molecular flexibility index (Phi) is 6.87. The predicted octanol–water partition coefficient (Wildman–Crippen LogP) is 5.52. The maximum atomic E-state index is 12.4. The van der Waals surface area contributed by atoms with Crippen LogP contribution in [0.5, 0.6) is 5.75 Å². The number of nitrogens with zero attached hydrogens (tertiary/aromatic N) is 1. The molecule has 0 unspecified atom stereocenters. The molecule has 164 valence electrons. The summed E-state index contributed by atoms with van der Waals surface area (Å²) in [6, 6.07) is 21.0. The van der Waals surface area contributed by atoms with Gasteiger partial charge in [0.15, 0.2) is 6.61 Å². The molecule has 1 aliphatic heterocycles. The number of para-hydroxylation sites is 2. The number of methoxy groups -OCH3 is 1. The van der Waals surface area contributed by atoms with E-state index in [2.05, 4.69) is 22.3 Å². The number of esters is 1. The van der Waals surface area contributed by atoms with E-state index in [-0.39, 0.29) is 6.42 Å².